The zero-order valence-corrected chi connectivity index (χ0v) is 27.1. The average Bonchev–Trinajstić information content (AvgIpc) is 3.00. The highest BCUT2D eigenvalue weighted by molar-refractivity contribution is 7.92. The fourth-order valence-electron chi connectivity index (χ4n) is 4.47. The van der Waals surface area contributed by atoms with Crippen molar-refractivity contribution in [2.24, 2.45) is 0 Å². The van der Waals surface area contributed by atoms with Gasteiger partial charge in [-0.2, -0.15) is 0 Å². The second-order valence-corrected chi connectivity index (χ2v) is 12.6. The van der Waals surface area contributed by atoms with Crippen LogP contribution in [0.15, 0.2) is 65.6 Å². The molecule has 0 aliphatic carbocycles. The first-order chi connectivity index (χ1) is 20.8. The second kappa shape index (κ2) is 15.2. The number of hydrogen-bond acceptors (Lipinski definition) is 7. The van der Waals surface area contributed by atoms with E-state index in [0.29, 0.717) is 29.3 Å². The number of nitro benzene ring substituents is 1. The molecule has 0 radical (unpaired) electrons. The van der Waals surface area contributed by atoms with Crippen LogP contribution >= 0.6 is 23.2 Å². The first-order valence-corrected chi connectivity index (χ1v) is 16.0. The maximum atomic E-state index is 14.1. The number of anilines is 1. The van der Waals surface area contributed by atoms with E-state index >= 15 is 0 Å². The number of nitrogens with one attached hydrogen (secondary N) is 1. The van der Waals surface area contributed by atoms with Crippen LogP contribution in [-0.2, 0) is 26.2 Å². The predicted octanol–water partition coefficient (Wildman–Crippen LogP) is 5.75. The highest BCUT2D eigenvalue weighted by Crippen LogP contribution is 2.30. The molecule has 2 amide bonds. The first-order valence-electron chi connectivity index (χ1n) is 13.8. The van der Waals surface area contributed by atoms with Gasteiger partial charge in [0.05, 0.1) is 32.7 Å². The third-order valence-electron chi connectivity index (χ3n) is 6.88. The number of methoxy groups -OCH3 is 1. The molecule has 3 aromatic rings. The molecule has 0 heterocycles. The van der Waals surface area contributed by atoms with Crippen molar-refractivity contribution in [3.63, 3.8) is 0 Å². The van der Waals surface area contributed by atoms with Crippen LogP contribution in [0.2, 0.25) is 10.0 Å². The monoisotopic (exact) mass is 664 g/mol. The van der Waals surface area contributed by atoms with E-state index in [4.69, 9.17) is 27.9 Å². The summed E-state index contributed by atoms with van der Waals surface area (Å²) in [6, 6.07) is 13.4. The highest BCUT2D eigenvalue weighted by atomic mass is 35.5. The molecule has 0 saturated heterocycles. The number of hydrogen-bond donors (Lipinski definition) is 1. The van der Waals surface area contributed by atoms with E-state index in [-0.39, 0.29) is 39.8 Å². The van der Waals surface area contributed by atoms with Crippen molar-refractivity contribution in [3.05, 3.63) is 92.0 Å². The van der Waals surface area contributed by atoms with Gasteiger partial charge >= 0.3 is 0 Å². The number of carbonyl (C=O) groups is 2. The van der Waals surface area contributed by atoms with E-state index in [1.165, 1.54) is 55.3 Å². The number of nitrogens with zero attached hydrogens (tertiary/aromatic N) is 3. The average molecular weight is 666 g/mol. The van der Waals surface area contributed by atoms with Crippen molar-refractivity contribution < 1.29 is 27.7 Å². The largest absolute Gasteiger partial charge is 0.497 e. The third kappa shape index (κ3) is 8.19. The minimum absolute atomic E-state index is 0.0692. The molecule has 1 N–H and O–H groups in total. The van der Waals surface area contributed by atoms with Crippen LogP contribution in [0, 0.1) is 17.0 Å². The normalized spacial score (nSPS) is 11.9. The highest BCUT2D eigenvalue weighted by Gasteiger charge is 2.34. The van der Waals surface area contributed by atoms with Gasteiger partial charge in [-0.05, 0) is 67.8 Å². The molecule has 44 heavy (non-hydrogen) atoms. The molecule has 0 bridgehead atoms. The maximum absolute atomic E-state index is 14.1. The molecule has 0 fully saturated rings. The Labute approximate surface area is 266 Å². The zero-order chi connectivity index (χ0) is 32.6. The summed E-state index contributed by atoms with van der Waals surface area (Å²) in [5, 5.41) is 15.0. The standard InChI is InChI=1S/C30H34Cl2N4O7S/c1-5-15-33-30(38)27(6-2)34(18-21-8-14-25(31)26(32)16-21)29(37)19-35(22-9-11-23(43-4)12-10-22)44(41,42)24-13-7-20(3)28(17-24)36(39)40/h7-14,16-17,27H,5-6,15,18-19H2,1-4H3,(H,33,38)/t27-/m0/s1. The van der Waals surface area contributed by atoms with E-state index in [0.717, 1.165) is 10.4 Å². The fourth-order valence-corrected chi connectivity index (χ4v) is 6.23. The van der Waals surface area contributed by atoms with Crippen molar-refractivity contribution in [3.8, 4) is 5.75 Å². The van der Waals surface area contributed by atoms with E-state index in [1.807, 2.05) is 6.92 Å². The summed E-state index contributed by atoms with van der Waals surface area (Å²) in [6.07, 6.45) is 0.914. The van der Waals surface area contributed by atoms with Crippen molar-refractivity contribution in [1.82, 2.24) is 10.2 Å². The van der Waals surface area contributed by atoms with Gasteiger partial charge in [0.1, 0.15) is 18.3 Å². The van der Waals surface area contributed by atoms with Crippen molar-refractivity contribution >= 4 is 56.4 Å². The number of benzene rings is 3. The number of amides is 2. The summed E-state index contributed by atoms with van der Waals surface area (Å²) < 4.78 is 34.2. The Kier molecular flexibility index (Phi) is 12.0. The quantitative estimate of drug-likeness (QED) is 0.171. The second-order valence-electron chi connectivity index (χ2n) is 9.90. The molecule has 0 unspecified atom stereocenters. The molecule has 0 aromatic heterocycles. The molecule has 236 valence electrons. The Morgan fingerprint density at radius 3 is 2.27 bits per heavy atom. The number of ether oxygens (including phenoxy) is 1. The van der Waals surface area contributed by atoms with Crippen LogP contribution in [0.5, 0.6) is 5.75 Å². The fraction of sp³-hybridized carbons (Fsp3) is 0.333. The lowest BCUT2D eigenvalue weighted by Crippen LogP contribution is -2.52. The lowest BCUT2D eigenvalue weighted by molar-refractivity contribution is -0.385. The van der Waals surface area contributed by atoms with E-state index in [1.54, 1.807) is 25.1 Å². The third-order valence-corrected chi connectivity index (χ3v) is 9.39. The molecular weight excluding hydrogens is 631 g/mol. The zero-order valence-electron chi connectivity index (χ0n) is 24.7. The topological polar surface area (TPSA) is 139 Å². The van der Waals surface area contributed by atoms with Crippen LogP contribution in [0.4, 0.5) is 11.4 Å². The predicted molar refractivity (Wildman–Crippen MR) is 170 cm³/mol. The Morgan fingerprint density at radius 1 is 1.02 bits per heavy atom. The smallest absolute Gasteiger partial charge is 0.273 e. The minimum atomic E-state index is -4.53. The summed E-state index contributed by atoms with van der Waals surface area (Å²) in [4.78, 5) is 39.2. The van der Waals surface area contributed by atoms with E-state index in [2.05, 4.69) is 5.32 Å². The summed E-state index contributed by atoms with van der Waals surface area (Å²) in [7, 11) is -3.07. The number of halogens is 2. The lowest BCUT2D eigenvalue weighted by atomic mass is 10.1. The lowest BCUT2D eigenvalue weighted by Gasteiger charge is -2.33. The maximum Gasteiger partial charge on any atom is 0.273 e. The van der Waals surface area contributed by atoms with Gasteiger partial charge in [-0.15, -0.1) is 0 Å². The number of nitro groups is 1. The number of rotatable bonds is 14. The molecule has 0 aliphatic heterocycles. The van der Waals surface area contributed by atoms with Gasteiger partial charge in [-0.1, -0.05) is 49.2 Å². The SMILES string of the molecule is CCCNC(=O)[C@H](CC)N(Cc1ccc(Cl)c(Cl)c1)C(=O)CN(c1ccc(OC)cc1)S(=O)(=O)c1ccc(C)c([N+](=O)[O-])c1. The van der Waals surface area contributed by atoms with Crippen molar-refractivity contribution in [2.45, 2.75) is 51.1 Å². The Morgan fingerprint density at radius 2 is 1.70 bits per heavy atom. The Bertz CT molecular complexity index is 1620. The summed E-state index contributed by atoms with van der Waals surface area (Å²) >= 11 is 12.3. The van der Waals surface area contributed by atoms with E-state index in [9.17, 15) is 28.1 Å². The van der Waals surface area contributed by atoms with Crippen LogP contribution in [0.25, 0.3) is 0 Å². The van der Waals surface area contributed by atoms with Crippen LogP contribution in [0.3, 0.4) is 0 Å². The van der Waals surface area contributed by atoms with Gasteiger partial charge < -0.3 is 15.0 Å². The van der Waals surface area contributed by atoms with Gasteiger partial charge in [0.25, 0.3) is 15.7 Å². The molecule has 0 aliphatic rings. The molecule has 3 aromatic carbocycles. The summed E-state index contributed by atoms with van der Waals surface area (Å²) in [6.45, 7) is 4.74. The first kappa shape index (κ1) is 34.6. The van der Waals surface area contributed by atoms with Crippen molar-refractivity contribution in [1.29, 1.82) is 0 Å². The van der Waals surface area contributed by atoms with E-state index < -0.39 is 39.3 Å². The van der Waals surface area contributed by atoms with Crippen molar-refractivity contribution in [2.75, 3.05) is 24.5 Å². The molecule has 11 nitrogen and oxygen atoms in total. The molecule has 0 spiro atoms. The minimum Gasteiger partial charge on any atom is -0.497 e. The molecule has 3 rings (SSSR count). The van der Waals surface area contributed by atoms with Crippen LogP contribution in [-0.4, -0.2) is 56.3 Å². The Balaban J connectivity index is 2.12. The number of aryl methyl sites for hydroxylation is 1. The molecule has 0 saturated carbocycles. The molecule has 1 atom stereocenters. The molecule has 14 heteroatoms. The van der Waals surface area contributed by atoms with Gasteiger partial charge in [-0.3, -0.25) is 24.0 Å². The number of carbonyl (C=O) groups excluding carboxylic acids is 2. The Hall–Kier alpha value is -3.87. The van der Waals surface area contributed by atoms with Gasteiger partial charge in [0.15, 0.2) is 0 Å². The van der Waals surface area contributed by atoms with Crippen LogP contribution < -0.4 is 14.4 Å². The summed E-state index contributed by atoms with van der Waals surface area (Å²) in [5.41, 5.74) is 0.576. The van der Waals surface area contributed by atoms with Gasteiger partial charge in [-0.25, -0.2) is 8.42 Å². The van der Waals surface area contributed by atoms with Gasteiger partial charge in [0.2, 0.25) is 11.8 Å². The number of sulfonamides is 1. The summed E-state index contributed by atoms with van der Waals surface area (Å²) in [5.74, 6) is -0.630. The van der Waals surface area contributed by atoms with Crippen LogP contribution in [0.1, 0.15) is 37.8 Å². The molecular formula is C30H34Cl2N4O7S. The van der Waals surface area contributed by atoms with Gasteiger partial charge in [0, 0.05) is 24.7 Å².